The first-order valence-electron chi connectivity index (χ1n) is 9.69. The lowest BCUT2D eigenvalue weighted by atomic mass is 10.3. The van der Waals surface area contributed by atoms with E-state index in [4.69, 9.17) is 9.47 Å². The smallest absolute Gasteiger partial charge is 0.262 e. The number of ether oxygens (including phenoxy) is 2. The number of carbonyl (C=O) groups is 1. The Kier molecular flexibility index (Phi) is 5.89. The minimum atomic E-state index is -0.246. The Balaban J connectivity index is 1.32. The van der Waals surface area contributed by atoms with Gasteiger partial charge in [-0.25, -0.2) is 4.98 Å². The molecule has 4 rings (SSSR count). The van der Waals surface area contributed by atoms with Crippen molar-refractivity contribution >= 4 is 11.6 Å². The van der Waals surface area contributed by atoms with E-state index >= 15 is 0 Å². The van der Waals surface area contributed by atoms with Crippen LogP contribution in [0.2, 0.25) is 0 Å². The van der Waals surface area contributed by atoms with E-state index in [0.717, 1.165) is 11.4 Å². The van der Waals surface area contributed by atoms with Crippen molar-refractivity contribution in [2.45, 2.75) is 13.8 Å². The SMILES string of the molecule is Cc1ncn(-c2ccc(Oc3ccc(NC(=O)COc4ccccc4)cc3)nn2)c1C. The van der Waals surface area contributed by atoms with Crippen molar-refractivity contribution in [3.8, 4) is 23.2 Å². The average Bonchev–Trinajstić information content (AvgIpc) is 3.13. The van der Waals surface area contributed by atoms with Crippen molar-refractivity contribution in [2.75, 3.05) is 11.9 Å². The lowest BCUT2D eigenvalue weighted by Gasteiger charge is -2.09. The molecule has 8 heteroatoms. The van der Waals surface area contributed by atoms with Crippen molar-refractivity contribution in [3.63, 3.8) is 0 Å². The molecule has 8 nitrogen and oxygen atoms in total. The second-order valence-corrected chi connectivity index (χ2v) is 6.79. The number of imidazole rings is 1. The predicted octanol–water partition coefficient (Wildman–Crippen LogP) is 4.09. The summed E-state index contributed by atoms with van der Waals surface area (Å²) in [4.78, 5) is 16.3. The number of benzene rings is 2. The molecule has 2 heterocycles. The molecule has 1 amide bonds. The molecule has 0 saturated carbocycles. The summed E-state index contributed by atoms with van der Waals surface area (Å²) in [6.07, 6.45) is 1.72. The zero-order valence-corrected chi connectivity index (χ0v) is 17.1. The van der Waals surface area contributed by atoms with Crippen molar-refractivity contribution in [1.29, 1.82) is 0 Å². The minimum absolute atomic E-state index is 0.0693. The van der Waals surface area contributed by atoms with Gasteiger partial charge >= 0.3 is 0 Å². The van der Waals surface area contributed by atoms with Crippen LogP contribution in [-0.4, -0.2) is 32.3 Å². The summed E-state index contributed by atoms with van der Waals surface area (Å²) in [5.74, 6) is 2.01. The Hall–Kier alpha value is -4.20. The van der Waals surface area contributed by atoms with Gasteiger partial charge in [0.1, 0.15) is 17.8 Å². The predicted molar refractivity (Wildman–Crippen MR) is 116 cm³/mol. The van der Waals surface area contributed by atoms with Gasteiger partial charge in [0, 0.05) is 17.4 Å². The van der Waals surface area contributed by atoms with Gasteiger partial charge in [-0.15, -0.1) is 10.2 Å². The largest absolute Gasteiger partial charge is 0.484 e. The number of hydrogen-bond acceptors (Lipinski definition) is 6. The number of nitrogens with zero attached hydrogens (tertiary/aromatic N) is 4. The molecular formula is C23H21N5O3. The Morgan fingerprint density at radius 2 is 1.71 bits per heavy atom. The van der Waals surface area contributed by atoms with Crippen LogP contribution in [0.5, 0.6) is 17.4 Å². The molecule has 31 heavy (non-hydrogen) atoms. The molecule has 0 bridgehead atoms. The maximum Gasteiger partial charge on any atom is 0.262 e. The standard InChI is InChI=1S/C23H21N5O3/c1-16-17(2)28(15-24-16)21-12-13-23(27-26-21)31-20-10-8-18(9-11-20)25-22(29)14-30-19-6-4-3-5-7-19/h3-13,15H,14H2,1-2H3,(H,25,29). The first-order valence-corrected chi connectivity index (χ1v) is 9.69. The van der Waals surface area contributed by atoms with Gasteiger partial charge in [-0.3, -0.25) is 9.36 Å². The molecule has 2 aromatic carbocycles. The van der Waals surface area contributed by atoms with Gasteiger partial charge in [0.05, 0.1) is 5.69 Å². The van der Waals surface area contributed by atoms with E-state index in [1.54, 1.807) is 48.8 Å². The Morgan fingerprint density at radius 3 is 2.35 bits per heavy atom. The second-order valence-electron chi connectivity index (χ2n) is 6.79. The maximum absolute atomic E-state index is 12.0. The van der Waals surface area contributed by atoms with Crippen LogP contribution < -0.4 is 14.8 Å². The van der Waals surface area contributed by atoms with Crippen LogP contribution in [-0.2, 0) is 4.79 Å². The highest BCUT2D eigenvalue weighted by Gasteiger charge is 2.08. The number of rotatable bonds is 7. The van der Waals surface area contributed by atoms with E-state index in [2.05, 4.69) is 20.5 Å². The molecule has 0 spiro atoms. The van der Waals surface area contributed by atoms with Gasteiger partial charge in [-0.1, -0.05) is 18.2 Å². The fraction of sp³-hybridized carbons (Fsp3) is 0.130. The number of amides is 1. The van der Waals surface area contributed by atoms with Crippen LogP contribution in [0.1, 0.15) is 11.4 Å². The number of carbonyl (C=O) groups excluding carboxylic acids is 1. The Bertz CT molecular complexity index is 1160. The van der Waals surface area contributed by atoms with Crippen molar-refractivity contribution in [3.05, 3.63) is 84.4 Å². The third kappa shape index (κ3) is 5.05. The van der Waals surface area contributed by atoms with Gasteiger partial charge in [0.15, 0.2) is 12.4 Å². The van der Waals surface area contributed by atoms with E-state index in [-0.39, 0.29) is 12.5 Å². The molecule has 2 aromatic heterocycles. The summed E-state index contributed by atoms with van der Waals surface area (Å²) in [6.45, 7) is 3.85. The van der Waals surface area contributed by atoms with Crippen LogP contribution in [0, 0.1) is 13.8 Å². The zero-order chi connectivity index (χ0) is 21.6. The molecule has 0 unspecified atom stereocenters. The lowest BCUT2D eigenvalue weighted by Crippen LogP contribution is -2.20. The average molecular weight is 415 g/mol. The zero-order valence-electron chi connectivity index (χ0n) is 17.1. The third-order valence-electron chi connectivity index (χ3n) is 4.60. The number of nitrogens with one attached hydrogen (secondary N) is 1. The monoisotopic (exact) mass is 415 g/mol. The number of para-hydroxylation sites is 1. The number of aromatic nitrogens is 4. The molecule has 0 saturated heterocycles. The van der Waals surface area contributed by atoms with E-state index in [1.807, 2.05) is 42.7 Å². The first kappa shape index (κ1) is 20.1. The minimum Gasteiger partial charge on any atom is -0.484 e. The van der Waals surface area contributed by atoms with E-state index in [9.17, 15) is 4.79 Å². The molecule has 0 aliphatic carbocycles. The quantitative estimate of drug-likeness (QED) is 0.489. The van der Waals surface area contributed by atoms with Crippen molar-refractivity contribution in [2.24, 2.45) is 0 Å². The van der Waals surface area contributed by atoms with Gasteiger partial charge in [0.25, 0.3) is 5.91 Å². The summed E-state index contributed by atoms with van der Waals surface area (Å²) in [6, 6.07) is 19.7. The van der Waals surface area contributed by atoms with Crippen LogP contribution in [0.15, 0.2) is 73.1 Å². The molecular weight excluding hydrogens is 394 g/mol. The summed E-state index contributed by atoms with van der Waals surface area (Å²) in [5.41, 5.74) is 2.59. The second kappa shape index (κ2) is 9.08. The summed E-state index contributed by atoms with van der Waals surface area (Å²) >= 11 is 0. The molecule has 0 radical (unpaired) electrons. The van der Waals surface area contributed by atoms with Crippen LogP contribution in [0.4, 0.5) is 5.69 Å². The molecule has 4 aromatic rings. The van der Waals surface area contributed by atoms with Gasteiger partial charge in [-0.05, 0) is 56.3 Å². The Morgan fingerprint density at radius 1 is 0.935 bits per heavy atom. The van der Waals surface area contributed by atoms with Crippen LogP contribution >= 0.6 is 0 Å². The fourth-order valence-corrected chi connectivity index (χ4v) is 2.82. The summed E-state index contributed by atoms with van der Waals surface area (Å²) < 4.78 is 13.0. The van der Waals surface area contributed by atoms with Gasteiger partial charge < -0.3 is 14.8 Å². The highest BCUT2D eigenvalue weighted by molar-refractivity contribution is 5.91. The van der Waals surface area contributed by atoms with Crippen LogP contribution in [0.3, 0.4) is 0 Å². The van der Waals surface area contributed by atoms with Gasteiger partial charge in [0.2, 0.25) is 5.88 Å². The van der Waals surface area contributed by atoms with Crippen LogP contribution in [0.25, 0.3) is 5.82 Å². The molecule has 0 aliphatic rings. The highest BCUT2D eigenvalue weighted by Crippen LogP contribution is 2.22. The van der Waals surface area contributed by atoms with E-state index in [0.29, 0.717) is 28.9 Å². The topological polar surface area (TPSA) is 91.2 Å². The maximum atomic E-state index is 12.0. The van der Waals surface area contributed by atoms with Gasteiger partial charge in [-0.2, -0.15) is 0 Å². The van der Waals surface area contributed by atoms with Crippen molar-refractivity contribution < 1.29 is 14.3 Å². The fourth-order valence-electron chi connectivity index (χ4n) is 2.82. The Labute approximate surface area is 179 Å². The summed E-state index contributed by atoms with van der Waals surface area (Å²) in [7, 11) is 0. The molecule has 156 valence electrons. The van der Waals surface area contributed by atoms with Crippen molar-refractivity contribution in [1.82, 2.24) is 19.7 Å². The molecule has 0 fully saturated rings. The molecule has 0 atom stereocenters. The van der Waals surface area contributed by atoms with E-state index < -0.39 is 0 Å². The van der Waals surface area contributed by atoms with E-state index in [1.165, 1.54) is 0 Å². The lowest BCUT2D eigenvalue weighted by molar-refractivity contribution is -0.118. The first-order chi connectivity index (χ1) is 15.1. The highest BCUT2D eigenvalue weighted by atomic mass is 16.5. The molecule has 0 aliphatic heterocycles. The number of aryl methyl sites for hydroxylation is 1. The number of anilines is 1. The normalized spacial score (nSPS) is 10.5. The summed E-state index contributed by atoms with van der Waals surface area (Å²) in [5, 5.41) is 11.1. The third-order valence-corrected chi connectivity index (χ3v) is 4.60. The number of hydrogen-bond donors (Lipinski definition) is 1. The molecule has 1 N–H and O–H groups in total.